The Morgan fingerprint density at radius 2 is 1.46 bits per heavy atom. The molecule has 1 saturated heterocycles. The zero-order valence-corrected chi connectivity index (χ0v) is 16.4. The van der Waals surface area contributed by atoms with Crippen LogP contribution in [0, 0.1) is 0 Å². The number of rotatable bonds is 7. The molecular weight excluding hydrogens is 356 g/mol. The van der Waals surface area contributed by atoms with Gasteiger partial charge in [0.2, 0.25) is 0 Å². The third-order valence-corrected chi connectivity index (χ3v) is 5.01. The summed E-state index contributed by atoms with van der Waals surface area (Å²) in [6, 6.07) is 14.6. The van der Waals surface area contributed by atoms with Crippen molar-refractivity contribution >= 4 is 11.7 Å². The molecule has 0 radical (unpaired) electrons. The molecule has 0 aliphatic carbocycles. The summed E-state index contributed by atoms with van der Waals surface area (Å²) >= 11 is 0. The highest BCUT2D eigenvalue weighted by atomic mass is 16.5. The SMILES string of the molecule is COc1cc(OC)cc(C(=O)N2CCN(CCC(=O)c3ccccc3)CC2)c1. The van der Waals surface area contributed by atoms with Gasteiger partial charge in [-0.25, -0.2) is 0 Å². The molecule has 148 valence electrons. The first-order chi connectivity index (χ1) is 13.6. The maximum Gasteiger partial charge on any atom is 0.254 e. The van der Waals surface area contributed by atoms with Gasteiger partial charge in [0, 0.05) is 56.3 Å². The van der Waals surface area contributed by atoms with Crippen LogP contribution >= 0.6 is 0 Å². The van der Waals surface area contributed by atoms with E-state index in [1.165, 1.54) is 0 Å². The molecule has 1 aliphatic heterocycles. The van der Waals surface area contributed by atoms with E-state index in [1.54, 1.807) is 32.4 Å². The van der Waals surface area contributed by atoms with Crippen LogP contribution in [0.25, 0.3) is 0 Å². The summed E-state index contributed by atoms with van der Waals surface area (Å²) in [5, 5.41) is 0. The number of methoxy groups -OCH3 is 2. The van der Waals surface area contributed by atoms with Crippen LogP contribution < -0.4 is 9.47 Å². The molecule has 6 heteroatoms. The number of amides is 1. The van der Waals surface area contributed by atoms with E-state index in [9.17, 15) is 9.59 Å². The molecule has 28 heavy (non-hydrogen) atoms. The molecule has 2 aromatic carbocycles. The van der Waals surface area contributed by atoms with E-state index in [0.29, 0.717) is 43.1 Å². The van der Waals surface area contributed by atoms with Gasteiger partial charge in [0.1, 0.15) is 11.5 Å². The van der Waals surface area contributed by atoms with E-state index < -0.39 is 0 Å². The van der Waals surface area contributed by atoms with Gasteiger partial charge in [-0.1, -0.05) is 30.3 Å². The smallest absolute Gasteiger partial charge is 0.254 e. The summed E-state index contributed by atoms with van der Waals surface area (Å²) in [7, 11) is 3.14. The number of carbonyl (C=O) groups is 2. The molecule has 0 bridgehead atoms. The largest absolute Gasteiger partial charge is 0.497 e. The molecule has 1 heterocycles. The molecule has 1 aliphatic rings. The number of piperazine rings is 1. The Labute approximate surface area is 165 Å². The van der Waals surface area contributed by atoms with Gasteiger partial charge in [-0.15, -0.1) is 0 Å². The van der Waals surface area contributed by atoms with Crippen LogP contribution in [0.3, 0.4) is 0 Å². The van der Waals surface area contributed by atoms with E-state index in [1.807, 2.05) is 35.2 Å². The van der Waals surface area contributed by atoms with Crippen molar-refractivity contribution in [3.63, 3.8) is 0 Å². The lowest BCUT2D eigenvalue weighted by atomic mass is 10.1. The van der Waals surface area contributed by atoms with Gasteiger partial charge in [0.15, 0.2) is 5.78 Å². The molecule has 0 atom stereocenters. The number of hydrogen-bond acceptors (Lipinski definition) is 5. The summed E-state index contributed by atoms with van der Waals surface area (Å²) in [6.07, 6.45) is 0.491. The maximum atomic E-state index is 12.8. The fourth-order valence-electron chi connectivity index (χ4n) is 3.32. The Morgan fingerprint density at radius 1 is 0.857 bits per heavy atom. The van der Waals surface area contributed by atoms with E-state index in [0.717, 1.165) is 18.7 Å². The molecule has 0 N–H and O–H groups in total. The Bertz CT molecular complexity index is 792. The number of hydrogen-bond donors (Lipinski definition) is 0. The Kier molecular flexibility index (Phi) is 6.66. The number of benzene rings is 2. The first-order valence-corrected chi connectivity index (χ1v) is 9.43. The van der Waals surface area contributed by atoms with Crippen molar-refractivity contribution in [1.82, 2.24) is 9.80 Å². The molecular formula is C22H26N2O4. The van der Waals surface area contributed by atoms with Gasteiger partial charge in [-0.3, -0.25) is 14.5 Å². The molecule has 0 aromatic heterocycles. The van der Waals surface area contributed by atoms with Crippen LogP contribution in [0.5, 0.6) is 11.5 Å². The highest BCUT2D eigenvalue weighted by molar-refractivity contribution is 5.96. The van der Waals surface area contributed by atoms with Crippen molar-refractivity contribution in [2.45, 2.75) is 6.42 Å². The van der Waals surface area contributed by atoms with Gasteiger partial charge in [-0.05, 0) is 12.1 Å². The average Bonchev–Trinajstić information content (AvgIpc) is 2.77. The minimum Gasteiger partial charge on any atom is -0.497 e. The van der Waals surface area contributed by atoms with Gasteiger partial charge in [-0.2, -0.15) is 0 Å². The maximum absolute atomic E-state index is 12.8. The van der Waals surface area contributed by atoms with Gasteiger partial charge in [0.05, 0.1) is 14.2 Å². The van der Waals surface area contributed by atoms with Crippen molar-refractivity contribution in [2.75, 3.05) is 46.9 Å². The topological polar surface area (TPSA) is 59.1 Å². The van der Waals surface area contributed by atoms with E-state index in [2.05, 4.69) is 4.90 Å². The predicted molar refractivity (Wildman–Crippen MR) is 107 cm³/mol. The summed E-state index contributed by atoms with van der Waals surface area (Å²) in [6.45, 7) is 3.50. The summed E-state index contributed by atoms with van der Waals surface area (Å²) in [5.74, 6) is 1.32. The van der Waals surface area contributed by atoms with Gasteiger partial charge >= 0.3 is 0 Å². The fraction of sp³-hybridized carbons (Fsp3) is 0.364. The minimum atomic E-state index is -0.0304. The summed E-state index contributed by atoms with van der Waals surface area (Å²) in [4.78, 5) is 29.2. The third kappa shape index (κ3) is 4.89. The van der Waals surface area contributed by atoms with Crippen LogP contribution in [0.4, 0.5) is 0 Å². The van der Waals surface area contributed by atoms with E-state index >= 15 is 0 Å². The van der Waals surface area contributed by atoms with E-state index in [-0.39, 0.29) is 11.7 Å². The second-order valence-electron chi connectivity index (χ2n) is 6.77. The van der Waals surface area contributed by atoms with Crippen LogP contribution in [-0.4, -0.2) is 68.4 Å². The second-order valence-corrected chi connectivity index (χ2v) is 6.77. The Balaban J connectivity index is 1.52. The Morgan fingerprint density at radius 3 is 2.04 bits per heavy atom. The van der Waals surface area contributed by atoms with Crippen molar-refractivity contribution in [1.29, 1.82) is 0 Å². The Hall–Kier alpha value is -2.86. The van der Waals surface area contributed by atoms with E-state index in [4.69, 9.17) is 9.47 Å². The zero-order valence-electron chi connectivity index (χ0n) is 16.4. The first kappa shape index (κ1) is 19.9. The van der Waals surface area contributed by atoms with Crippen LogP contribution in [-0.2, 0) is 0 Å². The van der Waals surface area contributed by atoms with Crippen LogP contribution in [0.15, 0.2) is 48.5 Å². The molecule has 1 fully saturated rings. The number of ether oxygens (including phenoxy) is 2. The van der Waals surface area contributed by atoms with Gasteiger partial charge in [0.25, 0.3) is 5.91 Å². The molecule has 1 amide bonds. The number of carbonyl (C=O) groups excluding carboxylic acids is 2. The molecule has 0 saturated carbocycles. The van der Waals surface area contributed by atoms with Crippen LogP contribution in [0.2, 0.25) is 0 Å². The number of Topliss-reactive ketones (excluding diaryl/α,β-unsaturated/α-hetero) is 1. The summed E-state index contributed by atoms with van der Waals surface area (Å²) in [5.41, 5.74) is 1.31. The van der Waals surface area contributed by atoms with Gasteiger partial charge < -0.3 is 14.4 Å². The van der Waals surface area contributed by atoms with Crippen molar-refractivity contribution in [2.24, 2.45) is 0 Å². The molecule has 0 spiro atoms. The lowest BCUT2D eigenvalue weighted by Crippen LogP contribution is -2.49. The number of nitrogens with zero attached hydrogens (tertiary/aromatic N) is 2. The fourth-order valence-corrected chi connectivity index (χ4v) is 3.32. The van der Waals surface area contributed by atoms with Crippen molar-refractivity contribution < 1.29 is 19.1 Å². The third-order valence-electron chi connectivity index (χ3n) is 5.01. The number of ketones is 1. The minimum absolute atomic E-state index is 0.0304. The molecule has 2 aromatic rings. The second kappa shape index (κ2) is 9.37. The zero-order chi connectivity index (χ0) is 19.9. The summed E-state index contributed by atoms with van der Waals surface area (Å²) < 4.78 is 10.5. The lowest BCUT2D eigenvalue weighted by Gasteiger charge is -2.34. The molecule has 3 rings (SSSR count). The van der Waals surface area contributed by atoms with Crippen molar-refractivity contribution in [3.8, 4) is 11.5 Å². The molecule has 0 unspecified atom stereocenters. The van der Waals surface area contributed by atoms with Crippen molar-refractivity contribution in [3.05, 3.63) is 59.7 Å². The first-order valence-electron chi connectivity index (χ1n) is 9.43. The average molecular weight is 382 g/mol. The quantitative estimate of drug-likeness (QED) is 0.689. The predicted octanol–water partition coefficient (Wildman–Crippen LogP) is 2.73. The van der Waals surface area contributed by atoms with Crippen LogP contribution in [0.1, 0.15) is 27.1 Å². The monoisotopic (exact) mass is 382 g/mol. The normalized spacial score (nSPS) is 14.6. The molecule has 6 nitrogen and oxygen atoms in total. The standard InChI is InChI=1S/C22H26N2O4/c1-27-19-14-18(15-20(16-19)28-2)22(26)24-12-10-23(11-13-24)9-8-21(25)17-6-4-3-5-7-17/h3-7,14-16H,8-13H2,1-2H3. The highest BCUT2D eigenvalue weighted by Crippen LogP contribution is 2.23. The lowest BCUT2D eigenvalue weighted by molar-refractivity contribution is 0.0627. The highest BCUT2D eigenvalue weighted by Gasteiger charge is 2.23.